The molecule has 12 heteroatoms. The van der Waals surface area contributed by atoms with Crippen LogP contribution in [-0.4, -0.2) is 46.8 Å². The largest absolute Gasteiger partial charge is 0.339 e. The van der Waals surface area contributed by atoms with E-state index < -0.39 is 10.0 Å². The molecule has 0 aliphatic carbocycles. The Morgan fingerprint density at radius 2 is 1.97 bits per heavy atom. The number of aromatic nitrogens is 3. The number of fused-ring (bicyclic) bond motifs is 1. The standard InChI is InChI=1S/C24H24ClN5O4S2/c1-3-21-27-22(29-34-21)16-5-4-14(2)20(12-16)36(32,33)30-10-8-15(9-11-30)23(31)28-24-26-18-7-6-17(25)13-19(18)35-24/h4-7,12-13,15H,3,8-11H2,1-2H3,(H,26,28,31). The van der Waals surface area contributed by atoms with Crippen LogP contribution in [0.4, 0.5) is 5.13 Å². The van der Waals surface area contributed by atoms with Crippen molar-refractivity contribution in [3.05, 3.63) is 52.9 Å². The topological polar surface area (TPSA) is 118 Å². The van der Waals surface area contributed by atoms with Crippen LogP contribution in [0.25, 0.3) is 21.6 Å². The summed E-state index contributed by atoms with van der Waals surface area (Å²) in [5.41, 5.74) is 1.98. The van der Waals surface area contributed by atoms with Crippen molar-refractivity contribution < 1.29 is 17.7 Å². The Bertz CT molecular complexity index is 1540. The highest BCUT2D eigenvalue weighted by atomic mass is 35.5. The van der Waals surface area contributed by atoms with Gasteiger partial charge in [-0.15, -0.1) is 0 Å². The highest BCUT2D eigenvalue weighted by Crippen LogP contribution is 2.31. The van der Waals surface area contributed by atoms with E-state index in [1.807, 2.05) is 19.1 Å². The second kappa shape index (κ2) is 9.89. The van der Waals surface area contributed by atoms with Crippen LogP contribution in [0.1, 0.15) is 31.2 Å². The lowest BCUT2D eigenvalue weighted by Gasteiger charge is -2.30. The molecule has 4 aromatic rings. The lowest BCUT2D eigenvalue weighted by atomic mass is 9.97. The normalized spacial score (nSPS) is 15.4. The van der Waals surface area contributed by atoms with Crippen LogP contribution in [0.15, 0.2) is 45.8 Å². The zero-order valence-electron chi connectivity index (χ0n) is 19.7. The predicted molar refractivity (Wildman–Crippen MR) is 139 cm³/mol. The minimum absolute atomic E-state index is 0.154. The summed E-state index contributed by atoms with van der Waals surface area (Å²) < 4.78 is 34.5. The zero-order valence-corrected chi connectivity index (χ0v) is 22.1. The molecular weight excluding hydrogens is 522 g/mol. The highest BCUT2D eigenvalue weighted by Gasteiger charge is 2.33. The number of hydrogen-bond donors (Lipinski definition) is 1. The number of piperidine rings is 1. The molecule has 5 rings (SSSR count). The van der Waals surface area contributed by atoms with Gasteiger partial charge in [0.2, 0.25) is 27.6 Å². The first-order chi connectivity index (χ1) is 17.2. The quantitative estimate of drug-likeness (QED) is 0.365. The van der Waals surface area contributed by atoms with Crippen molar-refractivity contribution in [2.45, 2.75) is 38.0 Å². The molecule has 1 N–H and O–H groups in total. The number of anilines is 1. The Labute approximate surface area is 217 Å². The van der Waals surface area contributed by atoms with Gasteiger partial charge >= 0.3 is 0 Å². The van der Waals surface area contributed by atoms with Gasteiger partial charge in [-0.3, -0.25) is 4.79 Å². The number of hydrogen-bond acceptors (Lipinski definition) is 8. The van der Waals surface area contributed by atoms with E-state index in [-0.39, 0.29) is 29.8 Å². The predicted octanol–water partition coefficient (Wildman–Crippen LogP) is 4.91. The molecule has 0 unspecified atom stereocenters. The van der Waals surface area contributed by atoms with Crippen molar-refractivity contribution in [2.75, 3.05) is 18.4 Å². The number of thiazole rings is 1. The first-order valence-electron chi connectivity index (χ1n) is 11.6. The minimum atomic E-state index is -3.76. The van der Waals surface area contributed by atoms with Crippen LogP contribution in [-0.2, 0) is 21.2 Å². The Morgan fingerprint density at radius 3 is 2.69 bits per heavy atom. The fourth-order valence-electron chi connectivity index (χ4n) is 4.19. The van der Waals surface area contributed by atoms with Gasteiger partial charge in [0.15, 0.2) is 5.13 Å². The molecule has 36 heavy (non-hydrogen) atoms. The molecule has 9 nitrogen and oxygen atoms in total. The third-order valence-electron chi connectivity index (χ3n) is 6.24. The van der Waals surface area contributed by atoms with Crippen molar-refractivity contribution >= 4 is 54.2 Å². The van der Waals surface area contributed by atoms with E-state index in [0.29, 0.717) is 52.3 Å². The van der Waals surface area contributed by atoms with Crippen LogP contribution >= 0.6 is 22.9 Å². The van der Waals surface area contributed by atoms with Crippen LogP contribution < -0.4 is 5.32 Å². The first-order valence-corrected chi connectivity index (χ1v) is 14.2. The third-order valence-corrected chi connectivity index (χ3v) is 9.45. The Morgan fingerprint density at radius 1 is 1.19 bits per heavy atom. The number of halogens is 1. The van der Waals surface area contributed by atoms with Gasteiger partial charge < -0.3 is 9.84 Å². The van der Waals surface area contributed by atoms with Gasteiger partial charge in [-0.2, -0.15) is 9.29 Å². The van der Waals surface area contributed by atoms with E-state index in [4.69, 9.17) is 16.1 Å². The molecule has 0 saturated carbocycles. The molecule has 0 bridgehead atoms. The van der Waals surface area contributed by atoms with Gasteiger partial charge in [0.25, 0.3) is 0 Å². The molecule has 2 aromatic carbocycles. The van der Waals surface area contributed by atoms with Gasteiger partial charge in [-0.05, 0) is 49.6 Å². The number of amides is 1. The summed E-state index contributed by atoms with van der Waals surface area (Å²) in [4.78, 5) is 21.8. The maximum atomic E-state index is 13.5. The van der Waals surface area contributed by atoms with E-state index in [1.54, 1.807) is 31.2 Å². The summed E-state index contributed by atoms with van der Waals surface area (Å²) in [6, 6.07) is 10.5. The lowest BCUT2D eigenvalue weighted by Crippen LogP contribution is -2.41. The van der Waals surface area contributed by atoms with Gasteiger partial charge in [0.1, 0.15) is 0 Å². The molecule has 0 atom stereocenters. The highest BCUT2D eigenvalue weighted by molar-refractivity contribution is 7.89. The number of carbonyl (C=O) groups is 1. The van der Waals surface area contributed by atoms with E-state index >= 15 is 0 Å². The first kappa shape index (κ1) is 24.8. The van der Waals surface area contributed by atoms with Gasteiger partial charge in [0.05, 0.1) is 15.1 Å². The van der Waals surface area contributed by atoms with E-state index in [1.165, 1.54) is 15.6 Å². The third kappa shape index (κ3) is 4.88. The van der Waals surface area contributed by atoms with Crippen LogP contribution in [0.3, 0.4) is 0 Å². The Balaban J connectivity index is 1.27. The minimum Gasteiger partial charge on any atom is -0.339 e. The maximum Gasteiger partial charge on any atom is 0.243 e. The molecule has 0 radical (unpaired) electrons. The van der Waals surface area contributed by atoms with Crippen molar-refractivity contribution in [3.63, 3.8) is 0 Å². The van der Waals surface area contributed by atoms with Gasteiger partial charge in [0, 0.05) is 36.0 Å². The number of aryl methyl sites for hydroxylation is 2. The monoisotopic (exact) mass is 545 g/mol. The molecule has 1 aliphatic heterocycles. The number of nitrogens with one attached hydrogen (secondary N) is 1. The van der Waals surface area contributed by atoms with E-state index in [9.17, 15) is 13.2 Å². The van der Waals surface area contributed by atoms with Gasteiger partial charge in [-0.25, -0.2) is 13.4 Å². The van der Waals surface area contributed by atoms with Crippen LogP contribution in [0, 0.1) is 12.8 Å². The summed E-state index contributed by atoms with van der Waals surface area (Å²) in [5.74, 6) is 0.395. The van der Waals surface area contributed by atoms with Crippen LogP contribution in [0.5, 0.6) is 0 Å². The molecule has 2 aromatic heterocycles. The number of rotatable bonds is 6. The number of benzene rings is 2. The fourth-order valence-corrected chi connectivity index (χ4v) is 7.06. The molecule has 1 saturated heterocycles. The average molecular weight is 546 g/mol. The molecule has 1 amide bonds. The number of sulfonamides is 1. The zero-order chi connectivity index (χ0) is 25.4. The number of carbonyl (C=O) groups excluding carboxylic acids is 1. The fraction of sp³-hybridized carbons (Fsp3) is 0.333. The summed E-state index contributed by atoms with van der Waals surface area (Å²) >= 11 is 7.39. The molecule has 1 aliphatic rings. The van der Waals surface area contributed by atoms with Crippen LogP contribution in [0.2, 0.25) is 5.02 Å². The lowest BCUT2D eigenvalue weighted by molar-refractivity contribution is -0.120. The Hall–Kier alpha value is -2.86. The van der Waals surface area contributed by atoms with E-state index in [2.05, 4.69) is 20.4 Å². The van der Waals surface area contributed by atoms with Crippen molar-refractivity contribution in [1.82, 2.24) is 19.4 Å². The summed E-state index contributed by atoms with van der Waals surface area (Å²) in [5, 5.41) is 7.96. The van der Waals surface area contributed by atoms with Gasteiger partial charge in [-0.1, -0.05) is 47.2 Å². The SMILES string of the molecule is CCc1nc(-c2ccc(C)c(S(=O)(=O)N3CCC(C(=O)Nc4nc5ccc(Cl)cc5s4)CC3)c2)no1. The second-order valence-electron chi connectivity index (χ2n) is 8.64. The molecule has 3 heterocycles. The van der Waals surface area contributed by atoms with Crippen molar-refractivity contribution in [2.24, 2.45) is 5.92 Å². The summed E-state index contributed by atoms with van der Waals surface area (Å²) in [6.45, 7) is 4.17. The smallest absolute Gasteiger partial charge is 0.243 e. The molecule has 0 spiro atoms. The second-order valence-corrected chi connectivity index (χ2v) is 12.0. The van der Waals surface area contributed by atoms with Crippen molar-refractivity contribution in [3.8, 4) is 11.4 Å². The molecule has 1 fully saturated rings. The number of nitrogens with zero attached hydrogens (tertiary/aromatic N) is 4. The Kier molecular flexibility index (Phi) is 6.82. The maximum absolute atomic E-state index is 13.5. The van der Waals surface area contributed by atoms with E-state index in [0.717, 1.165) is 10.2 Å². The molecule has 188 valence electrons. The summed E-state index contributed by atoms with van der Waals surface area (Å²) in [6.07, 6.45) is 1.44. The summed E-state index contributed by atoms with van der Waals surface area (Å²) in [7, 11) is -3.76. The van der Waals surface area contributed by atoms with Crippen molar-refractivity contribution in [1.29, 1.82) is 0 Å². The molecular formula is C24H24ClN5O4S2. The average Bonchev–Trinajstić information content (AvgIpc) is 3.50.